The number of fused-ring (bicyclic) bond motifs is 1. The van der Waals surface area contributed by atoms with E-state index in [2.05, 4.69) is 81.3 Å². The number of nitrogens with zero attached hydrogens (tertiary/aromatic N) is 4. The highest BCUT2D eigenvalue weighted by molar-refractivity contribution is 5.79. The highest BCUT2D eigenvalue weighted by Gasteiger charge is 2.06. The van der Waals surface area contributed by atoms with E-state index in [0.29, 0.717) is 13.1 Å². The Kier molecular flexibility index (Phi) is 5.52. The first-order valence-corrected chi connectivity index (χ1v) is 9.62. The molecule has 0 fully saturated rings. The number of nitrogens with one attached hydrogen (secondary N) is 2. The molecule has 0 aliphatic heterocycles. The van der Waals surface area contributed by atoms with E-state index < -0.39 is 0 Å². The molecule has 0 spiro atoms. The zero-order valence-electron chi connectivity index (χ0n) is 16.6. The molecule has 0 saturated heterocycles. The molecular weight excluding hydrogens is 360 g/mol. The minimum atomic E-state index is 0.536. The van der Waals surface area contributed by atoms with Crippen LogP contribution in [0.15, 0.2) is 77.9 Å². The van der Waals surface area contributed by atoms with E-state index in [0.717, 1.165) is 17.4 Å². The van der Waals surface area contributed by atoms with Gasteiger partial charge in [-0.25, -0.2) is 0 Å². The number of pyridine rings is 1. The maximum absolute atomic E-state index is 4.31. The number of hydrogen-bond acceptors (Lipinski definition) is 3. The van der Waals surface area contributed by atoms with Gasteiger partial charge >= 0.3 is 0 Å². The summed E-state index contributed by atoms with van der Waals surface area (Å²) in [6.07, 6.45) is 1.96. The van der Waals surface area contributed by atoms with Gasteiger partial charge in [-0.1, -0.05) is 54.1 Å². The quantitative estimate of drug-likeness (QED) is 0.408. The van der Waals surface area contributed by atoms with Crippen LogP contribution in [0.4, 0.5) is 0 Å². The Bertz CT molecular complexity index is 1140. The molecule has 0 aliphatic carbocycles. The van der Waals surface area contributed by atoms with Gasteiger partial charge in [0, 0.05) is 19.8 Å². The van der Waals surface area contributed by atoms with Crippen LogP contribution in [0.1, 0.15) is 17.0 Å². The van der Waals surface area contributed by atoms with E-state index in [1.807, 2.05) is 28.8 Å². The summed E-state index contributed by atoms with van der Waals surface area (Å²) >= 11 is 0. The lowest BCUT2D eigenvalue weighted by Crippen LogP contribution is -2.36. The molecular formula is C23H24N6. The molecule has 29 heavy (non-hydrogen) atoms. The van der Waals surface area contributed by atoms with E-state index in [9.17, 15) is 0 Å². The molecule has 0 atom stereocenters. The molecule has 2 aromatic heterocycles. The first-order valence-electron chi connectivity index (χ1n) is 9.62. The predicted octanol–water partition coefficient (Wildman–Crippen LogP) is 3.57. The average molecular weight is 384 g/mol. The fourth-order valence-electron chi connectivity index (χ4n) is 3.27. The summed E-state index contributed by atoms with van der Waals surface area (Å²) in [5.41, 5.74) is 5.73. The third-order valence-electron chi connectivity index (χ3n) is 4.76. The van der Waals surface area contributed by atoms with E-state index in [1.165, 1.54) is 22.3 Å². The first-order chi connectivity index (χ1) is 14.2. The highest BCUT2D eigenvalue weighted by Crippen LogP contribution is 2.21. The summed E-state index contributed by atoms with van der Waals surface area (Å²) in [5.74, 6) is 1.56. The first kappa shape index (κ1) is 18.7. The number of rotatable bonds is 5. The van der Waals surface area contributed by atoms with Crippen molar-refractivity contribution in [1.82, 2.24) is 25.2 Å². The maximum Gasteiger partial charge on any atom is 0.191 e. The summed E-state index contributed by atoms with van der Waals surface area (Å²) in [6.45, 7) is 3.33. The van der Waals surface area contributed by atoms with E-state index in [-0.39, 0.29) is 0 Å². The van der Waals surface area contributed by atoms with Gasteiger partial charge in [-0.2, -0.15) is 0 Å². The lowest BCUT2D eigenvalue weighted by Gasteiger charge is -2.12. The summed E-state index contributed by atoms with van der Waals surface area (Å²) in [6, 6.07) is 23.0. The van der Waals surface area contributed by atoms with Crippen LogP contribution in [0, 0.1) is 6.92 Å². The third-order valence-corrected chi connectivity index (χ3v) is 4.76. The molecule has 2 heterocycles. The fourth-order valence-corrected chi connectivity index (χ4v) is 3.27. The molecule has 0 radical (unpaired) electrons. The molecule has 6 nitrogen and oxygen atoms in total. The Morgan fingerprint density at radius 1 is 0.897 bits per heavy atom. The number of aliphatic imine (C=N–C) groups is 1. The van der Waals surface area contributed by atoms with E-state index in [1.54, 1.807) is 7.05 Å². The van der Waals surface area contributed by atoms with Crippen molar-refractivity contribution in [2.75, 3.05) is 7.05 Å². The zero-order valence-corrected chi connectivity index (χ0v) is 16.6. The Labute approximate surface area is 170 Å². The van der Waals surface area contributed by atoms with Gasteiger partial charge in [0.15, 0.2) is 17.4 Å². The Hall–Kier alpha value is -3.67. The molecule has 0 aliphatic rings. The van der Waals surface area contributed by atoms with Crippen LogP contribution in [0.2, 0.25) is 0 Å². The largest absolute Gasteiger partial charge is 0.352 e. The van der Waals surface area contributed by atoms with Gasteiger partial charge in [0.2, 0.25) is 0 Å². The maximum atomic E-state index is 4.31. The van der Waals surface area contributed by atoms with Gasteiger partial charge in [-0.3, -0.25) is 9.39 Å². The minimum Gasteiger partial charge on any atom is -0.352 e. The van der Waals surface area contributed by atoms with Crippen LogP contribution in [0.5, 0.6) is 0 Å². The van der Waals surface area contributed by atoms with Crippen molar-refractivity contribution in [2.24, 2.45) is 4.99 Å². The molecule has 4 aromatic rings. The number of guanidine groups is 1. The zero-order chi connectivity index (χ0) is 20.1. The number of benzene rings is 2. The molecule has 2 N–H and O–H groups in total. The standard InChI is InChI=1S/C23H24N6/c1-17-7-5-9-19(13-17)20-10-6-8-18(14-20)15-25-23(24-2)26-16-22-28-27-21-11-3-4-12-29(21)22/h3-14H,15-16H2,1-2H3,(H2,24,25,26). The van der Waals surface area contributed by atoms with Gasteiger partial charge in [0.1, 0.15) is 0 Å². The lowest BCUT2D eigenvalue weighted by atomic mass is 10.0. The molecule has 0 bridgehead atoms. The predicted molar refractivity (Wildman–Crippen MR) is 117 cm³/mol. The number of aromatic nitrogens is 3. The molecule has 146 valence electrons. The van der Waals surface area contributed by atoms with Gasteiger partial charge in [-0.15, -0.1) is 10.2 Å². The Morgan fingerprint density at radius 2 is 1.69 bits per heavy atom. The normalized spacial score (nSPS) is 11.6. The molecule has 6 heteroatoms. The van der Waals surface area contributed by atoms with Crippen molar-refractivity contribution in [2.45, 2.75) is 20.0 Å². The molecule has 0 unspecified atom stereocenters. The Morgan fingerprint density at radius 3 is 2.52 bits per heavy atom. The van der Waals surface area contributed by atoms with Gasteiger partial charge in [0.05, 0.1) is 6.54 Å². The number of hydrogen-bond donors (Lipinski definition) is 2. The van der Waals surface area contributed by atoms with Crippen LogP contribution in [0.25, 0.3) is 16.8 Å². The summed E-state index contributed by atoms with van der Waals surface area (Å²) in [7, 11) is 1.76. The topological polar surface area (TPSA) is 66.6 Å². The molecule has 0 saturated carbocycles. The average Bonchev–Trinajstić information content (AvgIpc) is 3.17. The lowest BCUT2D eigenvalue weighted by molar-refractivity contribution is 0.763. The summed E-state index contributed by atoms with van der Waals surface area (Å²) < 4.78 is 1.96. The van der Waals surface area contributed by atoms with Crippen molar-refractivity contribution in [3.8, 4) is 11.1 Å². The molecule has 0 amide bonds. The smallest absolute Gasteiger partial charge is 0.191 e. The van der Waals surface area contributed by atoms with Crippen LogP contribution in [0.3, 0.4) is 0 Å². The fraction of sp³-hybridized carbons (Fsp3) is 0.174. The van der Waals surface area contributed by atoms with Crippen LogP contribution >= 0.6 is 0 Å². The van der Waals surface area contributed by atoms with Crippen molar-refractivity contribution in [3.05, 3.63) is 89.9 Å². The minimum absolute atomic E-state index is 0.536. The van der Waals surface area contributed by atoms with Gasteiger partial charge in [-0.05, 0) is 41.8 Å². The van der Waals surface area contributed by atoms with Crippen molar-refractivity contribution >= 4 is 11.6 Å². The van der Waals surface area contributed by atoms with E-state index in [4.69, 9.17) is 0 Å². The third kappa shape index (κ3) is 4.43. The van der Waals surface area contributed by atoms with Crippen LogP contribution in [-0.2, 0) is 13.1 Å². The second kappa shape index (κ2) is 8.56. The monoisotopic (exact) mass is 384 g/mol. The van der Waals surface area contributed by atoms with Crippen molar-refractivity contribution in [3.63, 3.8) is 0 Å². The molecule has 2 aromatic carbocycles. The van der Waals surface area contributed by atoms with Gasteiger partial charge < -0.3 is 10.6 Å². The molecule has 4 rings (SSSR count). The van der Waals surface area contributed by atoms with Gasteiger partial charge in [0.25, 0.3) is 0 Å². The van der Waals surface area contributed by atoms with Crippen LogP contribution in [-0.4, -0.2) is 27.6 Å². The van der Waals surface area contributed by atoms with Crippen LogP contribution < -0.4 is 10.6 Å². The second-order valence-corrected chi connectivity index (χ2v) is 6.89. The second-order valence-electron chi connectivity index (χ2n) is 6.89. The summed E-state index contributed by atoms with van der Waals surface area (Å²) in [5, 5.41) is 15.1. The van der Waals surface area contributed by atoms with Crippen molar-refractivity contribution < 1.29 is 0 Å². The summed E-state index contributed by atoms with van der Waals surface area (Å²) in [4.78, 5) is 4.31. The SMILES string of the molecule is CN=C(NCc1cccc(-c2cccc(C)c2)c1)NCc1nnc2ccccn12. The number of aryl methyl sites for hydroxylation is 1. The Balaban J connectivity index is 1.39. The van der Waals surface area contributed by atoms with Crippen molar-refractivity contribution in [1.29, 1.82) is 0 Å². The van der Waals surface area contributed by atoms with E-state index >= 15 is 0 Å². The highest BCUT2D eigenvalue weighted by atomic mass is 15.3.